The molecule has 10 heteroatoms. The minimum atomic E-state index is -0.748. The van der Waals surface area contributed by atoms with Crippen molar-refractivity contribution in [3.63, 3.8) is 0 Å². The highest BCUT2D eigenvalue weighted by molar-refractivity contribution is 7.99. The normalized spacial score (nSPS) is 10.3. The quantitative estimate of drug-likeness (QED) is 0.831. The van der Waals surface area contributed by atoms with Gasteiger partial charge >= 0.3 is 11.9 Å². The fourth-order valence-electron chi connectivity index (χ4n) is 1.45. The molecule has 0 fully saturated rings. The van der Waals surface area contributed by atoms with Crippen LogP contribution in [0.15, 0.2) is 26.7 Å². The van der Waals surface area contributed by atoms with Gasteiger partial charge in [0.2, 0.25) is 5.76 Å². The van der Waals surface area contributed by atoms with Crippen LogP contribution in [0.3, 0.4) is 0 Å². The van der Waals surface area contributed by atoms with E-state index in [0.717, 1.165) is 11.8 Å². The van der Waals surface area contributed by atoms with E-state index in [1.54, 1.807) is 6.07 Å². The molecule has 0 spiro atoms. The summed E-state index contributed by atoms with van der Waals surface area (Å²) in [6.07, 6.45) is 1.32. The van der Waals surface area contributed by atoms with Crippen molar-refractivity contribution in [2.45, 2.75) is 9.92 Å². The third-order valence-corrected chi connectivity index (χ3v) is 3.83. The number of esters is 2. The lowest BCUT2D eigenvalue weighted by atomic mass is 10.4. The molecule has 0 saturated heterocycles. The van der Waals surface area contributed by atoms with Crippen molar-refractivity contribution in [3.8, 4) is 0 Å². The molecule has 0 aromatic carbocycles. The van der Waals surface area contributed by atoms with Gasteiger partial charge in [0.15, 0.2) is 16.7 Å². The topological polar surface area (TPSA) is 118 Å². The average Bonchev–Trinajstić information content (AvgIpc) is 2.97. The maximum absolute atomic E-state index is 11.5. The van der Waals surface area contributed by atoms with Crippen molar-refractivity contribution < 1.29 is 23.5 Å². The van der Waals surface area contributed by atoms with Crippen LogP contribution in [0.1, 0.15) is 21.0 Å². The Hall–Kier alpha value is -2.26. The number of nitrogens with two attached hydrogens (primary N) is 1. The molecule has 0 radical (unpaired) electrons. The van der Waals surface area contributed by atoms with Gasteiger partial charge in [-0.1, -0.05) is 23.4 Å². The number of hydrogen-bond acceptors (Lipinski definition) is 9. The maximum atomic E-state index is 11.5. The molecule has 2 N–H and O–H groups in total. The summed E-state index contributed by atoms with van der Waals surface area (Å²) in [5, 5.41) is 0.148. The highest BCUT2D eigenvalue weighted by Crippen LogP contribution is 2.34. The van der Waals surface area contributed by atoms with Crippen molar-refractivity contribution in [2.24, 2.45) is 0 Å². The number of nitrogens with zero attached hydrogens (tertiary/aromatic N) is 2. The second-order valence-corrected chi connectivity index (χ2v) is 5.14. The monoisotopic (exact) mass is 343 g/mol. The minimum absolute atomic E-state index is 0.000910. The van der Waals surface area contributed by atoms with Crippen LogP contribution in [0.2, 0.25) is 5.15 Å². The van der Waals surface area contributed by atoms with Crippen LogP contribution in [-0.4, -0.2) is 36.1 Å². The molecule has 2 rings (SSSR count). The maximum Gasteiger partial charge on any atom is 0.375 e. The minimum Gasteiger partial charge on any atom is -0.464 e. The van der Waals surface area contributed by atoms with Crippen molar-refractivity contribution >= 4 is 41.1 Å². The van der Waals surface area contributed by atoms with Gasteiger partial charge in [0.05, 0.1) is 25.4 Å². The summed E-state index contributed by atoms with van der Waals surface area (Å²) in [6, 6.07) is 1.54. The van der Waals surface area contributed by atoms with Gasteiger partial charge in [-0.25, -0.2) is 19.6 Å². The Morgan fingerprint density at radius 3 is 2.59 bits per heavy atom. The van der Waals surface area contributed by atoms with Crippen LogP contribution < -0.4 is 5.73 Å². The zero-order valence-corrected chi connectivity index (χ0v) is 13.0. The Labute approximate surface area is 133 Å². The zero-order chi connectivity index (χ0) is 16.3. The number of halogens is 1. The summed E-state index contributed by atoms with van der Waals surface area (Å²) in [5.74, 6) is -1.53. The third-order valence-electron chi connectivity index (χ3n) is 2.44. The number of nitrogen functional groups attached to an aromatic ring is 1. The molecule has 0 saturated carbocycles. The SMILES string of the molecule is COC(=O)c1nc(Cl)c(Sc2ccoc2C(=O)OC)nc1N. The molecule has 2 heterocycles. The number of furan rings is 1. The second-order valence-electron chi connectivity index (χ2n) is 3.75. The molecule has 0 aliphatic heterocycles. The fourth-order valence-corrected chi connectivity index (χ4v) is 2.52. The molecule has 0 unspecified atom stereocenters. The number of carbonyl (C=O) groups is 2. The summed E-state index contributed by atoms with van der Waals surface area (Å²) in [5.41, 5.74) is 5.48. The number of ether oxygens (including phenoxy) is 2. The van der Waals surface area contributed by atoms with Gasteiger partial charge in [-0.15, -0.1) is 0 Å². The molecular weight excluding hydrogens is 334 g/mol. The fraction of sp³-hybridized carbons (Fsp3) is 0.167. The van der Waals surface area contributed by atoms with Crippen LogP contribution in [0.4, 0.5) is 5.82 Å². The number of hydrogen-bond donors (Lipinski definition) is 1. The first kappa shape index (κ1) is 16.1. The van der Waals surface area contributed by atoms with E-state index in [1.165, 1.54) is 20.5 Å². The first-order chi connectivity index (χ1) is 10.5. The van der Waals surface area contributed by atoms with Gasteiger partial charge < -0.3 is 19.6 Å². The van der Waals surface area contributed by atoms with E-state index in [0.29, 0.717) is 4.90 Å². The summed E-state index contributed by atoms with van der Waals surface area (Å²) in [4.78, 5) is 31.3. The van der Waals surface area contributed by atoms with E-state index >= 15 is 0 Å². The number of carbonyl (C=O) groups excluding carboxylic acids is 2. The van der Waals surface area contributed by atoms with Crippen LogP contribution in [0, 0.1) is 0 Å². The molecule has 2 aromatic rings. The summed E-state index contributed by atoms with van der Waals surface area (Å²) < 4.78 is 14.2. The molecular formula is C12H10ClN3O5S. The number of anilines is 1. The predicted octanol–water partition coefficient (Wildman–Crippen LogP) is 2.03. The van der Waals surface area contributed by atoms with Gasteiger partial charge in [0, 0.05) is 0 Å². The Morgan fingerprint density at radius 1 is 1.27 bits per heavy atom. The number of methoxy groups -OCH3 is 2. The van der Waals surface area contributed by atoms with Crippen molar-refractivity contribution in [2.75, 3.05) is 20.0 Å². The summed E-state index contributed by atoms with van der Waals surface area (Å²) >= 11 is 6.98. The lowest BCUT2D eigenvalue weighted by molar-refractivity contribution is 0.0558. The van der Waals surface area contributed by atoms with Gasteiger partial charge in [0.1, 0.15) is 5.03 Å². The van der Waals surface area contributed by atoms with E-state index in [1.807, 2.05) is 0 Å². The second kappa shape index (κ2) is 6.67. The van der Waals surface area contributed by atoms with Crippen LogP contribution in [0.5, 0.6) is 0 Å². The Morgan fingerprint density at radius 2 is 1.95 bits per heavy atom. The smallest absolute Gasteiger partial charge is 0.375 e. The van der Waals surface area contributed by atoms with Gasteiger partial charge in [0.25, 0.3) is 0 Å². The third kappa shape index (κ3) is 3.15. The number of rotatable bonds is 4. The Balaban J connectivity index is 2.35. The molecule has 22 heavy (non-hydrogen) atoms. The number of aromatic nitrogens is 2. The van der Waals surface area contributed by atoms with Gasteiger partial charge in [-0.05, 0) is 6.07 Å². The largest absolute Gasteiger partial charge is 0.464 e. The molecule has 0 atom stereocenters. The molecule has 116 valence electrons. The highest BCUT2D eigenvalue weighted by Gasteiger charge is 2.21. The van der Waals surface area contributed by atoms with E-state index in [4.69, 9.17) is 21.8 Å². The van der Waals surface area contributed by atoms with E-state index < -0.39 is 11.9 Å². The van der Waals surface area contributed by atoms with Crippen molar-refractivity contribution in [1.29, 1.82) is 0 Å². The van der Waals surface area contributed by atoms with Gasteiger partial charge in [-0.2, -0.15) is 0 Å². The molecule has 2 aromatic heterocycles. The van der Waals surface area contributed by atoms with E-state index in [9.17, 15) is 9.59 Å². The van der Waals surface area contributed by atoms with Gasteiger partial charge in [-0.3, -0.25) is 0 Å². The zero-order valence-electron chi connectivity index (χ0n) is 11.5. The first-order valence-corrected chi connectivity index (χ1v) is 6.92. The summed E-state index contributed by atoms with van der Waals surface area (Å²) in [6.45, 7) is 0. The Bertz CT molecular complexity index is 734. The molecule has 0 aliphatic carbocycles. The van der Waals surface area contributed by atoms with Crippen molar-refractivity contribution in [1.82, 2.24) is 9.97 Å². The first-order valence-electron chi connectivity index (χ1n) is 5.73. The van der Waals surface area contributed by atoms with Crippen LogP contribution >= 0.6 is 23.4 Å². The highest BCUT2D eigenvalue weighted by atomic mass is 35.5. The van der Waals surface area contributed by atoms with E-state index in [2.05, 4.69) is 19.4 Å². The van der Waals surface area contributed by atoms with E-state index in [-0.39, 0.29) is 27.5 Å². The standard InChI is InChI=1S/C12H10ClN3O5S/c1-19-11(17)6-9(14)16-10(8(13)15-6)22-5-3-4-21-7(5)12(18)20-2/h3-4H,1-2H3,(H2,14,16). The van der Waals surface area contributed by atoms with Crippen LogP contribution in [0.25, 0.3) is 0 Å². The van der Waals surface area contributed by atoms with Crippen LogP contribution in [-0.2, 0) is 9.47 Å². The molecule has 0 bridgehead atoms. The lowest BCUT2D eigenvalue weighted by Gasteiger charge is -2.07. The Kier molecular flexibility index (Phi) is 4.88. The summed E-state index contributed by atoms with van der Waals surface area (Å²) in [7, 11) is 2.42. The van der Waals surface area contributed by atoms with Crippen molar-refractivity contribution in [3.05, 3.63) is 28.9 Å². The predicted molar refractivity (Wildman–Crippen MR) is 77.0 cm³/mol. The average molecular weight is 344 g/mol. The molecule has 8 nitrogen and oxygen atoms in total. The lowest BCUT2D eigenvalue weighted by Crippen LogP contribution is -2.11. The molecule has 0 aliphatic rings. The molecule has 0 amide bonds.